The first kappa shape index (κ1) is 12.6. The van der Waals surface area contributed by atoms with Crippen LogP contribution in [0.4, 0.5) is 5.82 Å². The van der Waals surface area contributed by atoms with E-state index in [-0.39, 0.29) is 11.7 Å². The molecule has 94 valence electrons. The van der Waals surface area contributed by atoms with Gasteiger partial charge in [0.15, 0.2) is 0 Å². The fraction of sp³-hybridized carbons (Fsp3) is 0.667. The molecule has 2 rings (SSSR count). The molecule has 4 nitrogen and oxygen atoms in total. The molecule has 5 heteroatoms. The lowest BCUT2D eigenvalue weighted by molar-refractivity contribution is -0.0751. The molecule has 0 saturated carbocycles. The van der Waals surface area contributed by atoms with Gasteiger partial charge in [0, 0.05) is 19.3 Å². The van der Waals surface area contributed by atoms with Crippen molar-refractivity contribution in [2.75, 3.05) is 18.0 Å². The maximum Gasteiger partial charge on any atom is 0.147 e. The summed E-state index contributed by atoms with van der Waals surface area (Å²) in [5, 5.41) is 0. The van der Waals surface area contributed by atoms with Gasteiger partial charge in [0.1, 0.15) is 5.82 Å². The quantitative estimate of drug-likeness (QED) is 0.760. The summed E-state index contributed by atoms with van der Waals surface area (Å²) in [7, 11) is 0. The lowest BCUT2D eigenvalue weighted by Crippen LogP contribution is -2.52. The van der Waals surface area contributed by atoms with Crippen molar-refractivity contribution in [2.45, 2.75) is 38.4 Å². The molecule has 1 aliphatic rings. The number of hydrogen-bond acceptors (Lipinski definition) is 4. The molecule has 0 bridgehead atoms. The van der Waals surface area contributed by atoms with Gasteiger partial charge in [-0.25, -0.2) is 4.98 Å². The first-order valence-electron chi connectivity index (χ1n) is 5.80. The van der Waals surface area contributed by atoms with Crippen LogP contribution in [0.25, 0.3) is 0 Å². The zero-order valence-corrected chi connectivity index (χ0v) is 11.2. The summed E-state index contributed by atoms with van der Waals surface area (Å²) in [4.78, 5) is 10.9. The molecule has 1 atom stereocenters. The number of halogens is 1. The average molecular weight is 256 g/mol. The Hall–Kier alpha value is -0.870. The van der Waals surface area contributed by atoms with Crippen molar-refractivity contribution in [1.82, 2.24) is 9.97 Å². The molecular weight excluding hydrogens is 238 g/mol. The van der Waals surface area contributed by atoms with Crippen LogP contribution in [0.5, 0.6) is 0 Å². The highest BCUT2D eigenvalue weighted by molar-refractivity contribution is 6.16. The van der Waals surface area contributed by atoms with E-state index in [0.29, 0.717) is 5.88 Å². The number of alkyl halides is 1. The zero-order valence-electron chi connectivity index (χ0n) is 10.5. The Morgan fingerprint density at radius 1 is 1.53 bits per heavy atom. The first-order chi connectivity index (χ1) is 8.00. The molecule has 1 saturated heterocycles. The molecule has 0 amide bonds. The minimum atomic E-state index is -0.156. The van der Waals surface area contributed by atoms with Gasteiger partial charge >= 0.3 is 0 Å². The molecule has 1 unspecified atom stereocenters. The van der Waals surface area contributed by atoms with Crippen LogP contribution in [-0.4, -0.2) is 34.8 Å². The van der Waals surface area contributed by atoms with Crippen molar-refractivity contribution in [2.24, 2.45) is 0 Å². The fourth-order valence-corrected chi connectivity index (χ4v) is 2.37. The summed E-state index contributed by atoms with van der Waals surface area (Å²) in [6.07, 6.45) is 3.68. The smallest absolute Gasteiger partial charge is 0.147 e. The molecule has 0 spiro atoms. The van der Waals surface area contributed by atoms with Crippen molar-refractivity contribution < 1.29 is 4.74 Å². The molecule has 2 heterocycles. The summed E-state index contributed by atoms with van der Waals surface area (Å²) < 4.78 is 5.87. The van der Waals surface area contributed by atoms with Crippen LogP contribution in [0.15, 0.2) is 12.4 Å². The summed E-state index contributed by atoms with van der Waals surface area (Å²) >= 11 is 5.78. The largest absolute Gasteiger partial charge is 0.369 e. The lowest BCUT2D eigenvalue weighted by Gasteiger charge is -2.42. The van der Waals surface area contributed by atoms with E-state index in [0.717, 1.165) is 24.6 Å². The fourth-order valence-electron chi connectivity index (χ4n) is 2.24. The standard InChI is InChI=1S/C12H18ClN3O/c1-9-7-16(8-12(2,3)17-9)11-6-14-5-10(4-13)15-11/h5-6,9H,4,7-8H2,1-3H3. The van der Waals surface area contributed by atoms with Crippen LogP contribution < -0.4 is 4.90 Å². The van der Waals surface area contributed by atoms with E-state index < -0.39 is 0 Å². The Kier molecular flexibility index (Phi) is 3.54. The van der Waals surface area contributed by atoms with Crippen molar-refractivity contribution in [3.8, 4) is 0 Å². The highest BCUT2D eigenvalue weighted by atomic mass is 35.5. The van der Waals surface area contributed by atoms with Gasteiger partial charge in [-0.15, -0.1) is 11.6 Å². The van der Waals surface area contributed by atoms with E-state index in [2.05, 4.69) is 35.6 Å². The van der Waals surface area contributed by atoms with Crippen LogP contribution >= 0.6 is 11.6 Å². The van der Waals surface area contributed by atoms with Crippen molar-refractivity contribution in [3.05, 3.63) is 18.1 Å². The zero-order chi connectivity index (χ0) is 12.5. The van der Waals surface area contributed by atoms with E-state index in [9.17, 15) is 0 Å². The summed E-state index contributed by atoms with van der Waals surface area (Å²) in [5.74, 6) is 1.27. The van der Waals surface area contributed by atoms with Gasteiger partial charge in [0.2, 0.25) is 0 Å². The second-order valence-corrected chi connectivity index (χ2v) is 5.34. The Morgan fingerprint density at radius 2 is 2.29 bits per heavy atom. The second-order valence-electron chi connectivity index (χ2n) is 5.07. The third-order valence-electron chi connectivity index (χ3n) is 2.70. The van der Waals surface area contributed by atoms with Gasteiger partial charge in [-0.3, -0.25) is 4.98 Å². The van der Waals surface area contributed by atoms with Crippen molar-refractivity contribution >= 4 is 17.4 Å². The van der Waals surface area contributed by atoms with E-state index in [1.54, 1.807) is 12.4 Å². The van der Waals surface area contributed by atoms with Crippen LogP contribution in [-0.2, 0) is 10.6 Å². The summed E-state index contributed by atoms with van der Waals surface area (Å²) in [6.45, 7) is 7.91. The number of ether oxygens (including phenoxy) is 1. The van der Waals surface area contributed by atoms with Crippen LogP contribution in [0.2, 0.25) is 0 Å². The number of anilines is 1. The maximum absolute atomic E-state index is 5.87. The number of aromatic nitrogens is 2. The van der Waals surface area contributed by atoms with Crippen LogP contribution in [0.1, 0.15) is 26.5 Å². The molecule has 1 fully saturated rings. The highest BCUT2D eigenvalue weighted by Gasteiger charge is 2.32. The van der Waals surface area contributed by atoms with Gasteiger partial charge in [-0.1, -0.05) is 0 Å². The van der Waals surface area contributed by atoms with E-state index in [4.69, 9.17) is 16.3 Å². The molecule has 0 radical (unpaired) electrons. The third-order valence-corrected chi connectivity index (χ3v) is 2.98. The average Bonchev–Trinajstić information content (AvgIpc) is 2.26. The number of hydrogen-bond donors (Lipinski definition) is 0. The Balaban J connectivity index is 2.20. The van der Waals surface area contributed by atoms with E-state index in [1.165, 1.54) is 0 Å². The normalized spacial score (nSPS) is 23.8. The van der Waals surface area contributed by atoms with E-state index in [1.807, 2.05) is 0 Å². The molecule has 17 heavy (non-hydrogen) atoms. The molecule has 1 aromatic rings. The Bertz CT molecular complexity index is 397. The Morgan fingerprint density at radius 3 is 2.94 bits per heavy atom. The van der Waals surface area contributed by atoms with Gasteiger partial charge in [-0.2, -0.15) is 0 Å². The lowest BCUT2D eigenvalue weighted by atomic mass is 10.1. The van der Waals surface area contributed by atoms with Gasteiger partial charge in [-0.05, 0) is 20.8 Å². The first-order valence-corrected chi connectivity index (χ1v) is 6.33. The molecule has 0 aromatic carbocycles. The monoisotopic (exact) mass is 255 g/mol. The maximum atomic E-state index is 5.87. The third kappa shape index (κ3) is 3.07. The van der Waals surface area contributed by atoms with Crippen molar-refractivity contribution in [3.63, 3.8) is 0 Å². The topological polar surface area (TPSA) is 38.2 Å². The van der Waals surface area contributed by atoms with Crippen LogP contribution in [0.3, 0.4) is 0 Å². The number of nitrogens with zero attached hydrogens (tertiary/aromatic N) is 3. The number of morpholine rings is 1. The predicted octanol–water partition coefficient (Wildman–Crippen LogP) is 2.22. The van der Waals surface area contributed by atoms with Crippen LogP contribution in [0, 0.1) is 0 Å². The molecule has 1 aromatic heterocycles. The Labute approximate surface area is 107 Å². The highest BCUT2D eigenvalue weighted by Crippen LogP contribution is 2.24. The van der Waals surface area contributed by atoms with Crippen molar-refractivity contribution in [1.29, 1.82) is 0 Å². The second kappa shape index (κ2) is 4.78. The number of rotatable bonds is 2. The molecule has 1 aliphatic heterocycles. The molecule has 0 N–H and O–H groups in total. The minimum Gasteiger partial charge on any atom is -0.369 e. The molecule has 0 aliphatic carbocycles. The predicted molar refractivity (Wildman–Crippen MR) is 68.4 cm³/mol. The van der Waals surface area contributed by atoms with Gasteiger partial charge in [0.25, 0.3) is 0 Å². The van der Waals surface area contributed by atoms with Gasteiger partial charge in [0.05, 0.1) is 29.5 Å². The van der Waals surface area contributed by atoms with E-state index >= 15 is 0 Å². The SMILES string of the molecule is CC1CN(c2cncc(CCl)n2)CC(C)(C)O1. The summed E-state index contributed by atoms with van der Waals surface area (Å²) in [5.41, 5.74) is 0.650. The summed E-state index contributed by atoms with van der Waals surface area (Å²) in [6, 6.07) is 0. The van der Waals surface area contributed by atoms with Gasteiger partial charge < -0.3 is 9.64 Å². The minimum absolute atomic E-state index is 0.156. The molecular formula is C12H18ClN3O.